The third kappa shape index (κ3) is 4.48. The van der Waals surface area contributed by atoms with Crippen LogP contribution < -0.4 is 10.1 Å². The quantitative estimate of drug-likeness (QED) is 0.752. The summed E-state index contributed by atoms with van der Waals surface area (Å²) < 4.78 is 10.00. The highest BCUT2D eigenvalue weighted by Crippen LogP contribution is 2.16. The summed E-state index contributed by atoms with van der Waals surface area (Å²) in [6.07, 6.45) is 0.0729. The highest BCUT2D eigenvalue weighted by atomic mass is 16.5. The van der Waals surface area contributed by atoms with E-state index in [1.54, 1.807) is 14.0 Å². The number of rotatable bonds is 7. The SMILES string of the molecule is CCOC(=O)Cc1n[nH]c(CNc2cccc(OC)c2)n1. The second-order valence-corrected chi connectivity index (χ2v) is 4.27. The van der Waals surface area contributed by atoms with Gasteiger partial charge in [0, 0.05) is 11.8 Å². The van der Waals surface area contributed by atoms with Gasteiger partial charge in [-0.15, -0.1) is 0 Å². The van der Waals surface area contributed by atoms with E-state index < -0.39 is 0 Å². The van der Waals surface area contributed by atoms with E-state index in [1.807, 2.05) is 24.3 Å². The van der Waals surface area contributed by atoms with Gasteiger partial charge >= 0.3 is 5.97 Å². The molecule has 0 unspecified atom stereocenters. The molecular formula is C14H18N4O3. The minimum Gasteiger partial charge on any atom is -0.497 e. The van der Waals surface area contributed by atoms with Crippen LogP contribution >= 0.6 is 0 Å². The summed E-state index contributed by atoms with van der Waals surface area (Å²) in [5.41, 5.74) is 0.915. The molecule has 7 heteroatoms. The Bertz CT molecular complexity index is 597. The molecule has 0 bridgehead atoms. The van der Waals surface area contributed by atoms with Gasteiger partial charge in [-0.1, -0.05) is 6.07 Å². The smallest absolute Gasteiger partial charge is 0.313 e. The highest BCUT2D eigenvalue weighted by Gasteiger charge is 2.09. The second-order valence-electron chi connectivity index (χ2n) is 4.27. The standard InChI is InChI=1S/C14H18N4O3/c1-3-21-14(19)8-12-16-13(18-17-12)9-15-10-5-4-6-11(7-10)20-2/h4-7,15H,3,8-9H2,1-2H3,(H,16,17,18). The fraction of sp³-hybridized carbons (Fsp3) is 0.357. The first-order valence-corrected chi connectivity index (χ1v) is 6.65. The molecule has 112 valence electrons. The van der Waals surface area contributed by atoms with Crippen molar-refractivity contribution in [2.24, 2.45) is 0 Å². The maximum absolute atomic E-state index is 11.3. The highest BCUT2D eigenvalue weighted by molar-refractivity contribution is 5.71. The molecule has 1 heterocycles. The zero-order chi connectivity index (χ0) is 15.1. The Labute approximate surface area is 122 Å². The molecule has 0 radical (unpaired) electrons. The molecule has 0 saturated carbocycles. The first-order valence-electron chi connectivity index (χ1n) is 6.65. The van der Waals surface area contributed by atoms with Crippen molar-refractivity contribution in [1.82, 2.24) is 15.2 Å². The largest absolute Gasteiger partial charge is 0.497 e. The van der Waals surface area contributed by atoms with Crippen molar-refractivity contribution in [2.45, 2.75) is 19.9 Å². The molecule has 0 aliphatic rings. The Morgan fingerprint density at radius 1 is 1.43 bits per heavy atom. The number of carbonyl (C=O) groups excluding carboxylic acids is 1. The van der Waals surface area contributed by atoms with Crippen LogP contribution in [0.4, 0.5) is 5.69 Å². The molecule has 1 aromatic heterocycles. The maximum atomic E-state index is 11.3. The van der Waals surface area contributed by atoms with E-state index in [-0.39, 0.29) is 12.4 Å². The molecule has 0 amide bonds. The van der Waals surface area contributed by atoms with E-state index >= 15 is 0 Å². The lowest BCUT2D eigenvalue weighted by Crippen LogP contribution is -2.08. The average molecular weight is 290 g/mol. The van der Waals surface area contributed by atoms with Crippen LogP contribution in [0.15, 0.2) is 24.3 Å². The van der Waals surface area contributed by atoms with Crippen LogP contribution in [0.3, 0.4) is 0 Å². The van der Waals surface area contributed by atoms with Crippen LogP contribution in [0.25, 0.3) is 0 Å². The monoisotopic (exact) mass is 290 g/mol. The van der Waals surface area contributed by atoms with E-state index in [2.05, 4.69) is 20.5 Å². The third-order valence-corrected chi connectivity index (χ3v) is 2.72. The number of hydrogen-bond acceptors (Lipinski definition) is 6. The fourth-order valence-electron chi connectivity index (χ4n) is 1.75. The number of carbonyl (C=O) groups is 1. The molecule has 1 aromatic carbocycles. The molecule has 7 nitrogen and oxygen atoms in total. The molecule has 0 spiro atoms. The molecule has 0 saturated heterocycles. The van der Waals surface area contributed by atoms with Gasteiger partial charge in [0.05, 0.1) is 20.3 Å². The lowest BCUT2D eigenvalue weighted by molar-refractivity contribution is -0.142. The molecule has 0 atom stereocenters. The summed E-state index contributed by atoms with van der Waals surface area (Å²) in [5, 5.41) is 9.97. The number of hydrogen-bond donors (Lipinski definition) is 2. The number of methoxy groups -OCH3 is 1. The topological polar surface area (TPSA) is 89.1 Å². The molecule has 2 aromatic rings. The Morgan fingerprint density at radius 3 is 3.05 bits per heavy atom. The first kappa shape index (κ1) is 14.8. The van der Waals surface area contributed by atoms with Gasteiger partial charge < -0.3 is 14.8 Å². The van der Waals surface area contributed by atoms with Gasteiger partial charge in [0.2, 0.25) is 0 Å². The van der Waals surface area contributed by atoms with Crippen LogP contribution in [-0.2, 0) is 22.5 Å². The van der Waals surface area contributed by atoms with Crippen molar-refractivity contribution in [1.29, 1.82) is 0 Å². The summed E-state index contributed by atoms with van der Waals surface area (Å²) in [6, 6.07) is 7.58. The first-order chi connectivity index (χ1) is 10.2. The fourth-order valence-corrected chi connectivity index (χ4v) is 1.75. The Balaban J connectivity index is 1.89. The van der Waals surface area contributed by atoms with Crippen molar-refractivity contribution >= 4 is 11.7 Å². The van der Waals surface area contributed by atoms with E-state index in [0.29, 0.717) is 24.8 Å². The van der Waals surface area contributed by atoms with E-state index in [9.17, 15) is 4.79 Å². The van der Waals surface area contributed by atoms with Crippen LogP contribution in [0.5, 0.6) is 5.75 Å². The van der Waals surface area contributed by atoms with Crippen molar-refractivity contribution in [2.75, 3.05) is 19.0 Å². The van der Waals surface area contributed by atoms with Crippen LogP contribution in [0.2, 0.25) is 0 Å². The molecule has 0 fully saturated rings. The predicted molar refractivity (Wildman–Crippen MR) is 77.0 cm³/mol. The Morgan fingerprint density at radius 2 is 2.29 bits per heavy atom. The van der Waals surface area contributed by atoms with Gasteiger partial charge in [0.1, 0.15) is 18.0 Å². The zero-order valence-corrected chi connectivity index (χ0v) is 12.0. The summed E-state index contributed by atoms with van der Waals surface area (Å²) >= 11 is 0. The summed E-state index contributed by atoms with van der Waals surface area (Å²) in [7, 11) is 1.62. The van der Waals surface area contributed by atoms with Crippen LogP contribution in [0.1, 0.15) is 18.6 Å². The molecule has 0 aliphatic heterocycles. The zero-order valence-electron chi connectivity index (χ0n) is 12.0. The number of ether oxygens (including phenoxy) is 2. The lowest BCUT2D eigenvalue weighted by Gasteiger charge is -2.05. The lowest BCUT2D eigenvalue weighted by atomic mass is 10.3. The number of nitrogens with zero attached hydrogens (tertiary/aromatic N) is 2. The number of aromatic nitrogens is 3. The maximum Gasteiger partial charge on any atom is 0.313 e. The van der Waals surface area contributed by atoms with Crippen LogP contribution in [0, 0.1) is 0 Å². The van der Waals surface area contributed by atoms with Gasteiger partial charge in [-0.05, 0) is 19.1 Å². The Hall–Kier alpha value is -2.57. The number of H-pyrrole nitrogens is 1. The number of esters is 1. The van der Waals surface area contributed by atoms with E-state index in [1.165, 1.54) is 0 Å². The molecule has 2 N–H and O–H groups in total. The molecule has 0 aliphatic carbocycles. The average Bonchev–Trinajstić information content (AvgIpc) is 2.93. The van der Waals surface area contributed by atoms with Gasteiger partial charge in [-0.25, -0.2) is 4.98 Å². The third-order valence-electron chi connectivity index (χ3n) is 2.72. The number of aromatic amines is 1. The van der Waals surface area contributed by atoms with E-state index in [0.717, 1.165) is 11.4 Å². The summed E-state index contributed by atoms with van der Waals surface area (Å²) in [6.45, 7) is 2.59. The van der Waals surface area contributed by atoms with E-state index in [4.69, 9.17) is 9.47 Å². The van der Waals surface area contributed by atoms with Crippen molar-refractivity contribution < 1.29 is 14.3 Å². The molecule has 2 rings (SSSR count). The number of anilines is 1. The molecular weight excluding hydrogens is 272 g/mol. The number of nitrogens with one attached hydrogen (secondary N) is 2. The van der Waals surface area contributed by atoms with Crippen molar-refractivity contribution in [3.8, 4) is 5.75 Å². The second kappa shape index (κ2) is 7.28. The summed E-state index contributed by atoms with van der Waals surface area (Å²) in [5.74, 6) is 1.53. The van der Waals surface area contributed by atoms with Crippen molar-refractivity contribution in [3.63, 3.8) is 0 Å². The van der Waals surface area contributed by atoms with Gasteiger partial charge in [0.15, 0.2) is 5.82 Å². The van der Waals surface area contributed by atoms with Crippen LogP contribution in [-0.4, -0.2) is 34.9 Å². The number of benzene rings is 1. The van der Waals surface area contributed by atoms with Gasteiger partial charge in [0.25, 0.3) is 0 Å². The minimum absolute atomic E-state index is 0.0729. The van der Waals surface area contributed by atoms with Gasteiger partial charge in [-0.2, -0.15) is 5.10 Å². The normalized spacial score (nSPS) is 10.2. The van der Waals surface area contributed by atoms with Crippen molar-refractivity contribution in [3.05, 3.63) is 35.9 Å². The predicted octanol–water partition coefficient (Wildman–Crippen LogP) is 1.53. The molecule has 21 heavy (non-hydrogen) atoms. The minimum atomic E-state index is -0.330. The van der Waals surface area contributed by atoms with Gasteiger partial charge in [-0.3, -0.25) is 9.89 Å². The Kier molecular flexibility index (Phi) is 5.14. The summed E-state index contributed by atoms with van der Waals surface area (Å²) in [4.78, 5) is 15.6.